The van der Waals surface area contributed by atoms with Crippen molar-refractivity contribution in [2.45, 2.75) is 33.4 Å². The van der Waals surface area contributed by atoms with E-state index < -0.39 is 6.10 Å². The molecule has 0 fully saturated rings. The Hall–Kier alpha value is -4.07. The number of ether oxygens (including phenoxy) is 3. The largest absolute Gasteiger partial charge is 0.493 e. The molecule has 2 heterocycles. The van der Waals surface area contributed by atoms with Crippen molar-refractivity contribution in [2.75, 3.05) is 19.5 Å². The molecule has 1 unspecified atom stereocenters. The third-order valence-electron chi connectivity index (χ3n) is 5.56. The standard InChI is InChI=1S/C26H28N4O4/c1-6-30-25-24(16(2)29-30)20(18-10-8-7-9-11-18)15-23(28-25)34-17(3)26(31)27-19-12-13-21(32-4)22(14-19)33-5/h7-15,17H,6H2,1-5H3,(H,27,31). The van der Waals surface area contributed by atoms with Gasteiger partial charge >= 0.3 is 0 Å². The number of methoxy groups -OCH3 is 2. The Morgan fingerprint density at radius 3 is 2.47 bits per heavy atom. The van der Waals surface area contributed by atoms with Crippen LogP contribution >= 0.6 is 0 Å². The fourth-order valence-corrected chi connectivity index (χ4v) is 3.85. The molecule has 2 aromatic heterocycles. The number of carbonyl (C=O) groups excluding carboxylic acids is 1. The SMILES string of the molecule is CCn1nc(C)c2c(-c3ccccc3)cc(OC(C)C(=O)Nc3ccc(OC)c(OC)c3)nc21. The molecule has 1 N–H and O–H groups in total. The van der Waals surface area contributed by atoms with Gasteiger partial charge in [0.2, 0.25) is 5.88 Å². The summed E-state index contributed by atoms with van der Waals surface area (Å²) in [5.41, 5.74) is 4.19. The van der Waals surface area contributed by atoms with Crippen LogP contribution in [0.4, 0.5) is 5.69 Å². The first-order chi connectivity index (χ1) is 16.4. The molecule has 0 aliphatic carbocycles. The second-order valence-electron chi connectivity index (χ2n) is 7.79. The first-order valence-electron chi connectivity index (χ1n) is 11.1. The summed E-state index contributed by atoms with van der Waals surface area (Å²) in [6, 6.07) is 17.1. The predicted octanol–water partition coefficient (Wildman–Crippen LogP) is 4.85. The zero-order valence-corrected chi connectivity index (χ0v) is 20.0. The number of amides is 1. The molecular weight excluding hydrogens is 432 g/mol. The number of hydrogen-bond acceptors (Lipinski definition) is 6. The molecule has 1 amide bonds. The average molecular weight is 461 g/mol. The van der Waals surface area contributed by atoms with E-state index in [1.165, 1.54) is 0 Å². The molecule has 0 bridgehead atoms. The van der Waals surface area contributed by atoms with Crippen LogP contribution in [-0.2, 0) is 11.3 Å². The van der Waals surface area contributed by atoms with Gasteiger partial charge in [0.15, 0.2) is 23.3 Å². The minimum Gasteiger partial charge on any atom is -0.493 e. The summed E-state index contributed by atoms with van der Waals surface area (Å²) >= 11 is 0. The van der Waals surface area contributed by atoms with Gasteiger partial charge in [-0.3, -0.25) is 4.79 Å². The van der Waals surface area contributed by atoms with E-state index in [0.717, 1.165) is 27.9 Å². The lowest BCUT2D eigenvalue weighted by atomic mass is 10.0. The van der Waals surface area contributed by atoms with Crippen LogP contribution < -0.4 is 19.5 Å². The highest BCUT2D eigenvalue weighted by molar-refractivity contribution is 5.96. The summed E-state index contributed by atoms with van der Waals surface area (Å²) in [6.07, 6.45) is -0.791. The number of benzene rings is 2. The van der Waals surface area contributed by atoms with Crippen LogP contribution in [0.25, 0.3) is 22.2 Å². The summed E-state index contributed by atoms with van der Waals surface area (Å²) in [4.78, 5) is 17.6. The highest BCUT2D eigenvalue weighted by Gasteiger charge is 2.20. The van der Waals surface area contributed by atoms with E-state index in [1.54, 1.807) is 39.3 Å². The number of pyridine rings is 1. The van der Waals surface area contributed by atoms with E-state index in [0.29, 0.717) is 29.6 Å². The number of anilines is 1. The van der Waals surface area contributed by atoms with Crippen molar-refractivity contribution in [1.29, 1.82) is 0 Å². The number of aryl methyl sites for hydroxylation is 2. The minimum atomic E-state index is -0.791. The lowest BCUT2D eigenvalue weighted by molar-refractivity contribution is -0.122. The van der Waals surface area contributed by atoms with Gasteiger partial charge in [0, 0.05) is 24.4 Å². The third kappa shape index (κ3) is 4.52. The number of aromatic nitrogens is 3. The average Bonchev–Trinajstić information content (AvgIpc) is 3.19. The second-order valence-corrected chi connectivity index (χ2v) is 7.79. The Morgan fingerprint density at radius 2 is 1.79 bits per heavy atom. The number of hydrogen-bond donors (Lipinski definition) is 1. The summed E-state index contributed by atoms with van der Waals surface area (Å²) in [5.74, 6) is 1.15. The third-order valence-corrected chi connectivity index (χ3v) is 5.56. The van der Waals surface area contributed by atoms with E-state index in [4.69, 9.17) is 19.2 Å². The Kier molecular flexibility index (Phi) is 6.67. The molecule has 2 aromatic carbocycles. The van der Waals surface area contributed by atoms with E-state index in [2.05, 4.69) is 10.4 Å². The van der Waals surface area contributed by atoms with Gasteiger partial charge in [-0.2, -0.15) is 10.1 Å². The van der Waals surface area contributed by atoms with Crippen LogP contribution in [0.5, 0.6) is 17.4 Å². The van der Waals surface area contributed by atoms with Crippen LogP contribution in [0, 0.1) is 6.92 Å². The number of nitrogens with zero attached hydrogens (tertiary/aromatic N) is 3. The van der Waals surface area contributed by atoms with E-state index in [9.17, 15) is 4.79 Å². The molecule has 0 saturated carbocycles. The van der Waals surface area contributed by atoms with Crippen molar-refractivity contribution in [2.24, 2.45) is 0 Å². The highest BCUT2D eigenvalue weighted by Crippen LogP contribution is 2.34. The van der Waals surface area contributed by atoms with Gasteiger partial charge in [-0.25, -0.2) is 4.68 Å². The Balaban J connectivity index is 1.63. The molecule has 34 heavy (non-hydrogen) atoms. The van der Waals surface area contributed by atoms with E-state index in [-0.39, 0.29) is 5.91 Å². The maximum atomic E-state index is 12.9. The van der Waals surface area contributed by atoms with Crippen molar-refractivity contribution < 1.29 is 19.0 Å². The maximum absolute atomic E-state index is 12.9. The predicted molar refractivity (Wildman–Crippen MR) is 132 cm³/mol. The number of carbonyl (C=O) groups is 1. The minimum absolute atomic E-state index is 0.310. The smallest absolute Gasteiger partial charge is 0.265 e. The maximum Gasteiger partial charge on any atom is 0.265 e. The Bertz CT molecular complexity index is 1320. The van der Waals surface area contributed by atoms with E-state index >= 15 is 0 Å². The van der Waals surface area contributed by atoms with Gasteiger partial charge in [-0.1, -0.05) is 30.3 Å². The molecule has 0 aliphatic rings. The lowest BCUT2D eigenvalue weighted by Crippen LogP contribution is -2.30. The zero-order chi connectivity index (χ0) is 24.2. The normalized spacial score (nSPS) is 11.8. The van der Waals surface area contributed by atoms with Crippen LogP contribution in [0.3, 0.4) is 0 Å². The summed E-state index contributed by atoms with van der Waals surface area (Å²) in [6.45, 7) is 6.35. The first-order valence-corrected chi connectivity index (χ1v) is 11.1. The molecule has 8 nitrogen and oxygen atoms in total. The molecule has 0 saturated heterocycles. The molecular formula is C26H28N4O4. The van der Waals surface area contributed by atoms with Crippen LogP contribution in [0.15, 0.2) is 54.6 Å². The molecule has 8 heteroatoms. The number of rotatable bonds is 8. The topological polar surface area (TPSA) is 87.5 Å². The number of nitrogens with one attached hydrogen (secondary N) is 1. The van der Waals surface area contributed by atoms with Crippen LogP contribution in [0.1, 0.15) is 19.5 Å². The van der Waals surface area contributed by atoms with Crippen molar-refractivity contribution in [1.82, 2.24) is 14.8 Å². The molecule has 0 radical (unpaired) electrons. The van der Waals surface area contributed by atoms with Crippen molar-refractivity contribution >= 4 is 22.6 Å². The highest BCUT2D eigenvalue weighted by atomic mass is 16.5. The van der Waals surface area contributed by atoms with Crippen molar-refractivity contribution in [3.63, 3.8) is 0 Å². The van der Waals surface area contributed by atoms with Crippen molar-refractivity contribution in [3.8, 4) is 28.5 Å². The molecule has 4 aromatic rings. The van der Waals surface area contributed by atoms with Crippen molar-refractivity contribution in [3.05, 3.63) is 60.3 Å². The molecule has 4 rings (SSSR count). The fourth-order valence-electron chi connectivity index (χ4n) is 3.85. The first kappa shape index (κ1) is 23.1. The van der Waals surface area contributed by atoms with Gasteiger partial charge in [-0.05, 0) is 44.0 Å². The Labute approximate surface area is 198 Å². The van der Waals surface area contributed by atoms with E-state index in [1.807, 2.05) is 54.9 Å². The van der Waals surface area contributed by atoms with Gasteiger partial charge in [0.25, 0.3) is 5.91 Å². The van der Waals surface area contributed by atoms with Gasteiger partial charge < -0.3 is 19.5 Å². The molecule has 1 atom stereocenters. The van der Waals surface area contributed by atoms with Crippen LogP contribution in [-0.4, -0.2) is 41.0 Å². The fraction of sp³-hybridized carbons (Fsp3) is 0.269. The lowest BCUT2D eigenvalue weighted by Gasteiger charge is -2.16. The van der Waals surface area contributed by atoms with Gasteiger partial charge in [-0.15, -0.1) is 0 Å². The molecule has 0 aliphatic heterocycles. The molecule has 0 spiro atoms. The quantitative estimate of drug-likeness (QED) is 0.404. The number of fused-ring (bicyclic) bond motifs is 1. The molecule has 176 valence electrons. The summed E-state index contributed by atoms with van der Waals surface area (Å²) in [7, 11) is 3.11. The monoisotopic (exact) mass is 460 g/mol. The van der Waals surface area contributed by atoms with Gasteiger partial charge in [0.05, 0.1) is 25.3 Å². The summed E-state index contributed by atoms with van der Waals surface area (Å²) in [5, 5.41) is 8.46. The summed E-state index contributed by atoms with van der Waals surface area (Å²) < 4.78 is 18.4. The Morgan fingerprint density at radius 1 is 1.06 bits per heavy atom. The van der Waals surface area contributed by atoms with Crippen LogP contribution in [0.2, 0.25) is 0 Å². The zero-order valence-electron chi connectivity index (χ0n) is 20.0. The van der Waals surface area contributed by atoms with Gasteiger partial charge in [0.1, 0.15) is 0 Å². The second kappa shape index (κ2) is 9.82.